The molecule has 1 N–H and O–H groups in total. The smallest absolute Gasteiger partial charge is 0.215 e. The Morgan fingerprint density at radius 1 is 1.08 bits per heavy atom. The molecular formula is C20H25N3O2S. The minimum atomic E-state index is -3.50. The Balaban J connectivity index is 2.12. The van der Waals surface area contributed by atoms with Crippen molar-refractivity contribution in [3.63, 3.8) is 0 Å². The van der Waals surface area contributed by atoms with E-state index in [1.54, 1.807) is 24.3 Å². The molecule has 0 heterocycles. The fourth-order valence-electron chi connectivity index (χ4n) is 3.00. The lowest BCUT2D eigenvalue weighted by molar-refractivity contribution is 0.220. The molecular weight excluding hydrogens is 346 g/mol. The van der Waals surface area contributed by atoms with Crippen LogP contribution in [0.1, 0.15) is 36.6 Å². The molecule has 0 radical (unpaired) electrons. The van der Waals surface area contributed by atoms with Gasteiger partial charge >= 0.3 is 0 Å². The van der Waals surface area contributed by atoms with Gasteiger partial charge in [-0.05, 0) is 36.3 Å². The highest BCUT2D eigenvalue weighted by atomic mass is 32.2. The number of hydrogen-bond acceptors (Lipinski definition) is 4. The molecule has 5 nitrogen and oxygen atoms in total. The Morgan fingerprint density at radius 2 is 1.77 bits per heavy atom. The molecule has 0 bridgehead atoms. The van der Waals surface area contributed by atoms with Crippen molar-refractivity contribution in [3.8, 4) is 6.07 Å². The first-order valence-corrected chi connectivity index (χ1v) is 10.4. The number of nitrogens with zero attached hydrogens (tertiary/aromatic N) is 2. The van der Waals surface area contributed by atoms with Gasteiger partial charge in [-0.3, -0.25) is 4.90 Å². The minimum absolute atomic E-state index is 0.0218. The van der Waals surface area contributed by atoms with Gasteiger partial charge in [-0.2, -0.15) is 5.26 Å². The topological polar surface area (TPSA) is 73.2 Å². The number of likely N-dealkylation sites (N-methyl/N-ethyl adjacent to an activating group) is 1. The highest BCUT2D eigenvalue weighted by molar-refractivity contribution is 7.88. The maximum atomic E-state index is 12.5. The van der Waals surface area contributed by atoms with E-state index in [4.69, 9.17) is 5.26 Å². The second-order valence-corrected chi connectivity index (χ2v) is 7.87. The van der Waals surface area contributed by atoms with Crippen LogP contribution in [-0.4, -0.2) is 33.0 Å². The van der Waals surface area contributed by atoms with Crippen LogP contribution >= 0.6 is 0 Å². The van der Waals surface area contributed by atoms with Gasteiger partial charge in [0.15, 0.2) is 0 Å². The van der Waals surface area contributed by atoms with E-state index in [9.17, 15) is 8.42 Å². The molecule has 0 amide bonds. The van der Waals surface area contributed by atoms with Crippen LogP contribution in [0.3, 0.4) is 0 Å². The molecule has 2 aromatic carbocycles. The second-order valence-electron chi connectivity index (χ2n) is 6.07. The molecule has 2 rings (SSSR count). The normalized spacial score (nSPS) is 12.7. The van der Waals surface area contributed by atoms with Crippen molar-refractivity contribution in [2.75, 3.05) is 19.6 Å². The van der Waals surface area contributed by atoms with Gasteiger partial charge in [-0.25, -0.2) is 13.1 Å². The minimum Gasteiger partial charge on any atom is -0.296 e. The lowest BCUT2D eigenvalue weighted by Gasteiger charge is -2.30. The first-order chi connectivity index (χ1) is 12.5. The summed E-state index contributed by atoms with van der Waals surface area (Å²) >= 11 is 0. The Bertz CT molecular complexity index is 841. The van der Waals surface area contributed by atoms with E-state index in [2.05, 4.69) is 23.5 Å². The monoisotopic (exact) mass is 371 g/mol. The fourth-order valence-corrected chi connectivity index (χ4v) is 4.14. The van der Waals surface area contributed by atoms with Crippen molar-refractivity contribution in [1.82, 2.24) is 9.62 Å². The third kappa shape index (κ3) is 5.67. The summed E-state index contributed by atoms with van der Waals surface area (Å²) in [5.74, 6) is -0.137. The summed E-state index contributed by atoms with van der Waals surface area (Å²) in [5, 5.41) is 8.96. The summed E-state index contributed by atoms with van der Waals surface area (Å²) in [6.45, 7) is 6.12. The predicted octanol–water partition coefficient (Wildman–Crippen LogP) is 3.06. The summed E-state index contributed by atoms with van der Waals surface area (Å²) in [4.78, 5) is 2.23. The molecule has 0 saturated heterocycles. The molecule has 0 saturated carbocycles. The van der Waals surface area contributed by atoms with Gasteiger partial charge in [-0.15, -0.1) is 0 Å². The standard InChI is InChI=1S/C20H25N3O2S/c1-3-23(4-2)20(19-11-6-5-7-12-19)15-22-26(24,25)16-18-10-8-9-17(13-18)14-21/h5-13,20,22H,3-4,15-16H2,1-2H3. The molecule has 0 aliphatic heterocycles. The molecule has 0 aliphatic rings. The van der Waals surface area contributed by atoms with Crippen LogP contribution < -0.4 is 4.72 Å². The maximum absolute atomic E-state index is 12.5. The van der Waals surface area contributed by atoms with Gasteiger partial charge in [0, 0.05) is 12.6 Å². The van der Waals surface area contributed by atoms with Gasteiger partial charge in [0.25, 0.3) is 0 Å². The van der Waals surface area contributed by atoms with Crippen molar-refractivity contribution in [3.05, 3.63) is 71.3 Å². The Morgan fingerprint density at radius 3 is 2.38 bits per heavy atom. The van der Waals surface area contributed by atoms with E-state index >= 15 is 0 Å². The summed E-state index contributed by atoms with van der Waals surface area (Å²) in [6.07, 6.45) is 0. The molecule has 0 aliphatic carbocycles. The number of hydrogen-bond donors (Lipinski definition) is 1. The molecule has 0 spiro atoms. The Kier molecular flexibility index (Phi) is 7.34. The molecule has 138 valence electrons. The largest absolute Gasteiger partial charge is 0.296 e. The number of nitriles is 1. The van der Waals surface area contributed by atoms with Gasteiger partial charge in [0.05, 0.1) is 17.4 Å². The van der Waals surface area contributed by atoms with Crippen LogP contribution in [-0.2, 0) is 15.8 Å². The second kappa shape index (κ2) is 9.48. The molecule has 0 fully saturated rings. The predicted molar refractivity (Wildman–Crippen MR) is 104 cm³/mol. The average Bonchev–Trinajstić information content (AvgIpc) is 2.65. The maximum Gasteiger partial charge on any atom is 0.215 e. The molecule has 0 aromatic heterocycles. The zero-order chi connectivity index (χ0) is 19.0. The van der Waals surface area contributed by atoms with E-state index in [1.807, 2.05) is 36.4 Å². The summed E-state index contributed by atoms with van der Waals surface area (Å²) < 4.78 is 27.8. The molecule has 2 aromatic rings. The van der Waals surface area contributed by atoms with Crippen LogP contribution in [0, 0.1) is 11.3 Å². The molecule has 26 heavy (non-hydrogen) atoms. The van der Waals surface area contributed by atoms with Gasteiger partial charge in [-0.1, -0.05) is 56.3 Å². The SMILES string of the molecule is CCN(CC)C(CNS(=O)(=O)Cc1cccc(C#N)c1)c1ccccc1. The van der Waals surface area contributed by atoms with Crippen molar-refractivity contribution in [2.24, 2.45) is 0 Å². The molecule has 1 atom stereocenters. The highest BCUT2D eigenvalue weighted by Gasteiger charge is 2.21. The first kappa shape index (κ1) is 20.1. The summed E-state index contributed by atoms with van der Waals surface area (Å²) in [6, 6.07) is 18.6. The van der Waals surface area contributed by atoms with Crippen LogP contribution in [0.15, 0.2) is 54.6 Å². The van der Waals surface area contributed by atoms with Crippen molar-refractivity contribution < 1.29 is 8.42 Å². The van der Waals surface area contributed by atoms with E-state index in [1.165, 1.54) is 0 Å². The van der Waals surface area contributed by atoms with Crippen LogP contribution in [0.4, 0.5) is 0 Å². The Hall–Kier alpha value is -2.20. The van der Waals surface area contributed by atoms with E-state index in [0.29, 0.717) is 17.7 Å². The van der Waals surface area contributed by atoms with Crippen LogP contribution in [0.2, 0.25) is 0 Å². The quantitative estimate of drug-likeness (QED) is 0.735. The zero-order valence-corrected chi connectivity index (χ0v) is 16.0. The number of sulfonamides is 1. The van der Waals surface area contributed by atoms with Crippen molar-refractivity contribution in [1.29, 1.82) is 5.26 Å². The average molecular weight is 372 g/mol. The van der Waals surface area contributed by atoms with Gasteiger partial charge in [0.2, 0.25) is 10.0 Å². The lowest BCUT2D eigenvalue weighted by atomic mass is 10.1. The van der Waals surface area contributed by atoms with Crippen LogP contribution in [0.5, 0.6) is 0 Å². The highest BCUT2D eigenvalue weighted by Crippen LogP contribution is 2.20. The van der Waals surface area contributed by atoms with E-state index < -0.39 is 10.0 Å². The van der Waals surface area contributed by atoms with Crippen molar-refractivity contribution in [2.45, 2.75) is 25.6 Å². The summed E-state index contributed by atoms with van der Waals surface area (Å²) in [7, 11) is -3.50. The fraction of sp³-hybridized carbons (Fsp3) is 0.350. The third-order valence-electron chi connectivity index (χ3n) is 4.35. The van der Waals surface area contributed by atoms with Gasteiger partial charge in [0.1, 0.15) is 0 Å². The summed E-state index contributed by atoms with van der Waals surface area (Å²) in [5.41, 5.74) is 2.16. The van der Waals surface area contributed by atoms with Crippen molar-refractivity contribution >= 4 is 10.0 Å². The Labute approximate surface area is 156 Å². The third-order valence-corrected chi connectivity index (χ3v) is 5.67. The lowest BCUT2D eigenvalue weighted by Crippen LogP contribution is -2.38. The van der Waals surface area contributed by atoms with E-state index in [-0.39, 0.29) is 11.8 Å². The zero-order valence-electron chi connectivity index (χ0n) is 15.2. The number of nitrogens with one attached hydrogen (secondary N) is 1. The number of rotatable bonds is 9. The van der Waals surface area contributed by atoms with Gasteiger partial charge < -0.3 is 0 Å². The molecule has 6 heteroatoms. The molecule has 1 unspecified atom stereocenters. The van der Waals surface area contributed by atoms with Crippen LogP contribution in [0.25, 0.3) is 0 Å². The first-order valence-electron chi connectivity index (χ1n) is 8.74. The number of benzene rings is 2. The van der Waals surface area contributed by atoms with E-state index in [0.717, 1.165) is 18.7 Å².